The van der Waals surface area contributed by atoms with Crippen molar-refractivity contribution in [2.24, 2.45) is 0 Å². The first kappa shape index (κ1) is 18.8. The lowest BCUT2D eigenvalue weighted by molar-refractivity contribution is -0.125. The van der Waals surface area contributed by atoms with E-state index in [0.29, 0.717) is 17.0 Å². The van der Waals surface area contributed by atoms with Gasteiger partial charge in [-0.2, -0.15) is 0 Å². The van der Waals surface area contributed by atoms with Crippen molar-refractivity contribution in [2.75, 3.05) is 17.7 Å². The van der Waals surface area contributed by atoms with E-state index in [9.17, 15) is 18.6 Å². The van der Waals surface area contributed by atoms with Gasteiger partial charge in [-0.25, -0.2) is 4.79 Å². The molecule has 1 aliphatic heterocycles. The lowest BCUT2D eigenvalue weighted by Crippen LogP contribution is -2.42. The van der Waals surface area contributed by atoms with Gasteiger partial charge >= 0.3 is 5.97 Å². The summed E-state index contributed by atoms with van der Waals surface area (Å²) in [7, 11) is 0.0281. The molecule has 2 atom stereocenters. The molecule has 0 saturated heterocycles. The Morgan fingerprint density at radius 2 is 2.00 bits per heavy atom. The van der Waals surface area contributed by atoms with Gasteiger partial charge in [-0.1, -0.05) is 0 Å². The average molecular weight is 391 g/mol. The minimum atomic E-state index is -1.57. The van der Waals surface area contributed by atoms with E-state index < -0.39 is 22.9 Å². The summed E-state index contributed by atoms with van der Waals surface area (Å²) in [4.78, 5) is 36.7. The van der Waals surface area contributed by atoms with Crippen molar-refractivity contribution in [1.29, 1.82) is 0 Å². The lowest BCUT2D eigenvalue weighted by Gasteiger charge is -2.30. The predicted molar refractivity (Wildman–Crippen MR) is 96.7 cm³/mol. The van der Waals surface area contributed by atoms with Crippen LogP contribution < -0.4 is 9.64 Å². The maximum Gasteiger partial charge on any atom is 0.371 e. The molecule has 1 N–H and O–H groups in total. The molecule has 0 radical (unpaired) electrons. The highest BCUT2D eigenvalue weighted by Crippen LogP contribution is 2.34. The number of hydrogen-bond donors (Lipinski definition) is 1. The normalized spacial score (nSPS) is 17.2. The van der Waals surface area contributed by atoms with Crippen LogP contribution in [0.25, 0.3) is 0 Å². The van der Waals surface area contributed by atoms with Gasteiger partial charge in [0.25, 0.3) is 5.91 Å². The van der Waals surface area contributed by atoms with Gasteiger partial charge in [0.2, 0.25) is 5.76 Å². The highest BCUT2D eigenvalue weighted by atomic mass is 32.2. The first-order valence-corrected chi connectivity index (χ1v) is 9.53. The number of fused-ring (bicyclic) bond motifs is 1. The second-order valence-electron chi connectivity index (χ2n) is 6.06. The van der Waals surface area contributed by atoms with Crippen LogP contribution in [0.2, 0.25) is 0 Å². The highest BCUT2D eigenvalue weighted by Gasteiger charge is 2.29. The number of benzene rings is 1. The van der Waals surface area contributed by atoms with Crippen LogP contribution in [-0.2, 0) is 21.3 Å². The fourth-order valence-electron chi connectivity index (χ4n) is 2.69. The Morgan fingerprint density at radius 3 is 2.67 bits per heavy atom. The topological polar surface area (TPSA) is 114 Å². The number of hydrogen-bond acceptors (Lipinski definition) is 6. The van der Waals surface area contributed by atoms with E-state index in [-0.39, 0.29) is 34.7 Å². The van der Waals surface area contributed by atoms with Gasteiger partial charge in [0.1, 0.15) is 11.5 Å². The molecule has 1 aromatic carbocycles. The van der Waals surface area contributed by atoms with Crippen LogP contribution >= 0.6 is 0 Å². The van der Waals surface area contributed by atoms with Crippen LogP contribution in [0.1, 0.15) is 33.6 Å². The number of ketones is 1. The molecule has 9 heteroatoms. The maximum atomic E-state index is 12.4. The number of amides is 1. The Hall–Kier alpha value is -2.94. The standard InChI is InChI=1S/C18H17NO7S/c1-10-17(21)19(2)13-7-11(3-5-15(13)25-10)14(20)9-27(24)8-12-4-6-16(26-12)18(22)23/h3-7,10H,8-9H2,1-2H3,(H,22,23). The fraction of sp³-hybridized carbons (Fsp3) is 0.278. The molecule has 1 amide bonds. The SMILES string of the molecule is CC1Oc2ccc(C(=O)CS(=O)Cc3ccc(C(=O)O)o3)cc2N(C)C1=O. The zero-order valence-electron chi connectivity index (χ0n) is 14.6. The number of nitrogens with zero attached hydrogens (tertiary/aromatic N) is 1. The Bertz CT molecular complexity index is 949. The second kappa shape index (κ2) is 7.36. The third kappa shape index (κ3) is 3.92. The quantitative estimate of drug-likeness (QED) is 0.748. The summed E-state index contributed by atoms with van der Waals surface area (Å²) in [6.45, 7) is 1.65. The zero-order chi connectivity index (χ0) is 19.7. The van der Waals surface area contributed by atoms with Crippen molar-refractivity contribution in [3.63, 3.8) is 0 Å². The Labute approximate surface area is 157 Å². The van der Waals surface area contributed by atoms with Crippen molar-refractivity contribution in [1.82, 2.24) is 0 Å². The Morgan fingerprint density at radius 1 is 1.26 bits per heavy atom. The van der Waals surface area contributed by atoms with Crippen LogP contribution in [0.3, 0.4) is 0 Å². The molecule has 3 rings (SSSR count). The van der Waals surface area contributed by atoms with Gasteiger partial charge in [-0.05, 0) is 37.3 Å². The summed E-state index contributed by atoms with van der Waals surface area (Å²) in [5.41, 5.74) is 0.789. The molecule has 0 fully saturated rings. The molecule has 8 nitrogen and oxygen atoms in total. The van der Waals surface area contributed by atoms with Gasteiger partial charge in [0.15, 0.2) is 11.9 Å². The molecule has 2 aromatic rings. The molecular weight excluding hydrogens is 374 g/mol. The molecule has 1 aromatic heterocycles. The molecule has 27 heavy (non-hydrogen) atoms. The highest BCUT2D eigenvalue weighted by molar-refractivity contribution is 7.85. The number of Topliss-reactive ketones (excluding diaryl/α,β-unsaturated/α-hetero) is 1. The summed E-state index contributed by atoms with van der Waals surface area (Å²) in [5, 5.41) is 8.82. The van der Waals surface area contributed by atoms with Gasteiger partial charge in [-0.15, -0.1) is 0 Å². The van der Waals surface area contributed by atoms with Gasteiger partial charge < -0.3 is 19.2 Å². The average Bonchev–Trinajstić information content (AvgIpc) is 3.08. The van der Waals surface area contributed by atoms with Crippen LogP contribution in [0.4, 0.5) is 5.69 Å². The molecule has 0 bridgehead atoms. The van der Waals surface area contributed by atoms with Crippen LogP contribution in [0.15, 0.2) is 34.7 Å². The van der Waals surface area contributed by atoms with E-state index in [1.807, 2.05) is 0 Å². The van der Waals surface area contributed by atoms with Crippen LogP contribution in [-0.4, -0.2) is 45.9 Å². The lowest BCUT2D eigenvalue weighted by atomic mass is 10.1. The van der Waals surface area contributed by atoms with Crippen molar-refractivity contribution in [3.8, 4) is 5.75 Å². The summed E-state index contributed by atoms with van der Waals surface area (Å²) in [6.07, 6.45) is -0.597. The van der Waals surface area contributed by atoms with Crippen molar-refractivity contribution < 1.29 is 32.9 Å². The van der Waals surface area contributed by atoms with Gasteiger partial charge in [-0.3, -0.25) is 13.8 Å². The third-order valence-corrected chi connectivity index (χ3v) is 5.28. The monoisotopic (exact) mass is 391 g/mol. The largest absolute Gasteiger partial charge is 0.479 e. The molecule has 2 unspecified atom stereocenters. The van der Waals surface area contributed by atoms with Crippen molar-refractivity contribution >= 4 is 34.1 Å². The Balaban J connectivity index is 1.70. The number of carboxylic acid groups (broad SMARTS) is 1. The predicted octanol–water partition coefficient (Wildman–Crippen LogP) is 1.85. The van der Waals surface area contributed by atoms with Crippen LogP contribution in [0, 0.1) is 0 Å². The van der Waals surface area contributed by atoms with Crippen molar-refractivity contribution in [3.05, 3.63) is 47.4 Å². The summed E-state index contributed by atoms with van der Waals surface area (Å²) in [5.74, 6) is -1.63. The summed E-state index contributed by atoms with van der Waals surface area (Å²) >= 11 is 0. The number of likely N-dealkylation sites (N-methyl/N-ethyl adjacent to an activating group) is 1. The fourth-order valence-corrected chi connectivity index (χ4v) is 3.73. The smallest absolute Gasteiger partial charge is 0.371 e. The number of aromatic carboxylic acids is 1. The zero-order valence-corrected chi connectivity index (χ0v) is 15.4. The van der Waals surface area contributed by atoms with E-state index in [1.54, 1.807) is 26.1 Å². The molecule has 142 valence electrons. The molecule has 0 spiro atoms. The van der Waals surface area contributed by atoms with E-state index in [2.05, 4.69) is 0 Å². The number of rotatable bonds is 6. The Kier molecular flexibility index (Phi) is 5.13. The molecule has 0 saturated carbocycles. The van der Waals surface area contributed by atoms with Gasteiger partial charge in [0.05, 0.1) is 17.2 Å². The van der Waals surface area contributed by atoms with E-state index in [4.69, 9.17) is 14.3 Å². The number of anilines is 1. The number of ether oxygens (including phenoxy) is 1. The maximum absolute atomic E-state index is 12.4. The second-order valence-corrected chi connectivity index (χ2v) is 7.52. The molecule has 1 aliphatic rings. The first-order valence-electron chi connectivity index (χ1n) is 8.04. The van der Waals surface area contributed by atoms with E-state index >= 15 is 0 Å². The summed E-state index contributed by atoms with van der Waals surface area (Å²) < 4.78 is 22.8. The third-order valence-electron chi connectivity index (χ3n) is 4.09. The summed E-state index contributed by atoms with van der Waals surface area (Å²) in [6, 6.07) is 7.40. The first-order chi connectivity index (χ1) is 12.8. The minimum Gasteiger partial charge on any atom is -0.479 e. The number of carbonyl (C=O) groups is 3. The molecular formula is C18H17NO7S. The number of carbonyl (C=O) groups excluding carboxylic acids is 2. The molecule has 0 aliphatic carbocycles. The number of furan rings is 1. The van der Waals surface area contributed by atoms with E-state index in [0.717, 1.165) is 0 Å². The van der Waals surface area contributed by atoms with Crippen molar-refractivity contribution in [2.45, 2.75) is 18.8 Å². The van der Waals surface area contributed by atoms with Crippen LogP contribution in [0.5, 0.6) is 5.75 Å². The number of carboxylic acids is 1. The minimum absolute atomic E-state index is 0.0665. The molecule has 2 heterocycles. The van der Waals surface area contributed by atoms with Gasteiger partial charge in [0, 0.05) is 23.4 Å². The van der Waals surface area contributed by atoms with E-state index in [1.165, 1.54) is 23.1 Å².